The first-order valence-corrected chi connectivity index (χ1v) is 9.50. The number of anilines is 1. The lowest BCUT2D eigenvalue weighted by molar-refractivity contribution is -0.0401. The maximum absolute atomic E-state index is 12.7. The molecule has 0 saturated carbocycles. The molecular formula is C19H23NO3S. The van der Waals surface area contributed by atoms with Gasteiger partial charge in [-0.3, -0.25) is 4.72 Å². The van der Waals surface area contributed by atoms with Gasteiger partial charge in [-0.15, -0.1) is 0 Å². The van der Waals surface area contributed by atoms with Gasteiger partial charge in [0.05, 0.1) is 17.1 Å². The predicted molar refractivity (Wildman–Crippen MR) is 95.7 cm³/mol. The third-order valence-electron chi connectivity index (χ3n) is 4.48. The smallest absolute Gasteiger partial charge is 0.261 e. The average Bonchev–Trinajstić information content (AvgIpc) is 2.49. The van der Waals surface area contributed by atoms with E-state index in [0.717, 1.165) is 22.3 Å². The quantitative estimate of drug-likeness (QED) is 0.916. The van der Waals surface area contributed by atoms with Gasteiger partial charge in [-0.05, 0) is 74.2 Å². The Balaban J connectivity index is 1.91. The zero-order chi connectivity index (χ0) is 17.5. The highest BCUT2D eigenvalue weighted by Crippen LogP contribution is 2.30. The average molecular weight is 345 g/mol. The van der Waals surface area contributed by atoms with Crippen molar-refractivity contribution in [3.05, 3.63) is 58.7 Å². The molecule has 0 radical (unpaired) electrons. The lowest BCUT2D eigenvalue weighted by atomic mass is 9.92. The number of aryl methyl sites for hydroxylation is 2. The molecule has 5 heteroatoms. The van der Waals surface area contributed by atoms with Crippen LogP contribution in [0.1, 0.15) is 36.1 Å². The topological polar surface area (TPSA) is 55.4 Å². The van der Waals surface area contributed by atoms with E-state index in [0.29, 0.717) is 18.7 Å². The summed E-state index contributed by atoms with van der Waals surface area (Å²) in [6.07, 6.45) is 0.704. The largest absolute Gasteiger partial charge is 0.371 e. The molecular weight excluding hydrogens is 322 g/mol. The molecule has 0 aromatic heterocycles. The van der Waals surface area contributed by atoms with Crippen LogP contribution in [0.15, 0.2) is 41.3 Å². The van der Waals surface area contributed by atoms with E-state index in [4.69, 9.17) is 4.74 Å². The number of hydrogen-bond acceptors (Lipinski definition) is 3. The first kappa shape index (κ1) is 17.0. The van der Waals surface area contributed by atoms with E-state index in [2.05, 4.69) is 4.72 Å². The van der Waals surface area contributed by atoms with Crippen LogP contribution in [0.2, 0.25) is 0 Å². The predicted octanol–water partition coefficient (Wildman–Crippen LogP) is 3.96. The van der Waals surface area contributed by atoms with Crippen molar-refractivity contribution in [2.45, 2.75) is 51.2 Å². The third kappa shape index (κ3) is 3.47. The summed E-state index contributed by atoms with van der Waals surface area (Å²) in [5, 5.41) is 0. The van der Waals surface area contributed by atoms with Crippen LogP contribution < -0.4 is 4.72 Å². The summed E-state index contributed by atoms with van der Waals surface area (Å²) in [5.74, 6) is 0. The summed E-state index contributed by atoms with van der Waals surface area (Å²) in [6, 6.07) is 10.8. The highest BCUT2D eigenvalue weighted by Gasteiger charge is 2.27. The van der Waals surface area contributed by atoms with Crippen LogP contribution in [0.5, 0.6) is 0 Å². The molecule has 2 aromatic carbocycles. The van der Waals surface area contributed by atoms with Crippen LogP contribution >= 0.6 is 0 Å². The number of rotatable bonds is 3. The van der Waals surface area contributed by atoms with Gasteiger partial charge < -0.3 is 4.74 Å². The minimum atomic E-state index is -3.60. The first-order chi connectivity index (χ1) is 11.2. The molecule has 0 bridgehead atoms. The molecule has 3 rings (SSSR count). The lowest BCUT2D eigenvalue weighted by Crippen LogP contribution is -2.32. The monoisotopic (exact) mass is 345 g/mol. The summed E-state index contributed by atoms with van der Waals surface area (Å²) in [7, 11) is -3.60. The number of ether oxygens (including phenoxy) is 1. The molecule has 24 heavy (non-hydrogen) atoms. The zero-order valence-corrected chi connectivity index (χ0v) is 15.3. The summed E-state index contributed by atoms with van der Waals surface area (Å²) < 4.78 is 33.8. The second kappa shape index (κ2) is 5.90. The Hall–Kier alpha value is -1.85. The highest BCUT2D eigenvalue weighted by atomic mass is 32.2. The van der Waals surface area contributed by atoms with E-state index >= 15 is 0 Å². The van der Waals surface area contributed by atoms with Crippen molar-refractivity contribution in [2.75, 3.05) is 4.72 Å². The van der Waals surface area contributed by atoms with Gasteiger partial charge in [-0.1, -0.05) is 12.1 Å². The Morgan fingerprint density at radius 2 is 1.75 bits per heavy atom. The van der Waals surface area contributed by atoms with Gasteiger partial charge in [-0.25, -0.2) is 8.42 Å². The van der Waals surface area contributed by atoms with Crippen LogP contribution in [0.25, 0.3) is 0 Å². The number of sulfonamides is 1. The van der Waals surface area contributed by atoms with Crippen molar-refractivity contribution in [1.29, 1.82) is 0 Å². The van der Waals surface area contributed by atoms with Crippen LogP contribution in [0.3, 0.4) is 0 Å². The molecule has 0 fully saturated rings. The van der Waals surface area contributed by atoms with Crippen molar-refractivity contribution < 1.29 is 13.2 Å². The molecule has 1 N–H and O–H groups in total. The maximum atomic E-state index is 12.7. The second-order valence-electron chi connectivity index (χ2n) is 7.06. The van der Waals surface area contributed by atoms with Crippen molar-refractivity contribution in [3.63, 3.8) is 0 Å². The number of hydrogen-bond donors (Lipinski definition) is 1. The van der Waals surface area contributed by atoms with E-state index < -0.39 is 10.0 Å². The fraction of sp³-hybridized carbons (Fsp3) is 0.368. The molecule has 128 valence electrons. The van der Waals surface area contributed by atoms with Gasteiger partial charge in [0, 0.05) is 12.1 Å². The summed E-state index contributed by atoms with van der Waals surface area (Å²) >= 11 is 0. The van der Waals surface area contributed by atoms with Crippen LogP contribution in [0, 0.1) is 13.8 Å². The van der Waals surface area contributed by atoms with E-state index in [1.165, 1.54) is 0 Å². The number of fused-ring (bicyclic) bond motifs is 1. The summed E-state index contributed by atoms with van der Waals surface area (Å²) in [5.41, 5.74) is 4.60. The normalized spacial score (nSPS) is 16.5. The zero-order valence-electron chi connectivity index (χ0n) is 14.5. The SMILES string of the molecule is Cc1ccc(NS(=O)(=O)c2ccc3c(c2)CC(C)(C)OC3)cc1C. The lowest BCUT2D eigenvalue weighted by Gasteiger charge is -2.32. The fourth-order valence-electron chi connectivity index (χ4n) is 2.88. The second-order valence-corrected chi connectivity index (χ2v) is 8.74. The molecule has 0 unspecified atom stereocenters. The molecule has 0 saturated heterocycles. The summed E-state index contributed by atoms with van der Waals surface area (Å²) in [4.78, 5) is 0.289. The van der Waals surface area contributed by atoms with E-state index in [-0.39, 0.29) is 10.5 Å². The van der Waals surface area contributed by atoms with E-state index in [9.17, 15) is 8.42 Å². The molecule has 2 aromatic rings. The molecule has 0 atom stereocenters. The molecule has 0 spiro atoms. The molecule has 1 heterocycles. The molecule has 1 aliphatic rings. The van der Waals surface area contributed by atoms with E-state index in [1.54, 1.807) is 18.2 Å². The first-order valence-electron chi connectivity index (χ1n) is 8.02. The molecule has 4 nitrogen and oxygen atoms in total. The highest BCUT2D eigenvalue weighted by molar-refractivity contribution is 7.92. The van der Waals surface area contributed by atoms with Crippen LogP contribution in [0.4, 0.5) is 5.69 Å². The number of nitrogens with one attached hydrogen (secondary N) is 1. The van der Waals surface area contributed by atoms with Crippen molar-refractivity contribution >= 4 is 15.7 Å². The fourth-order valence-corrected chi connectivity index (χ4v) is 3.98. The third-order valence-corrected chi connectivity index (χ3v) is 5.86. The van der Waals surface area contributed by atoms with Gasteiger partial charge in [0.15, 0.2) is 0 Å². The van der Waals surface area contributed by atoms with Gasteiger partial charge in [0.2, 0.25) is 0 Å². The van der Waals surface area contributed by atoms with Gasteiger partial charge in [0.1, 0.15) is 0 Å². The van der Waals surface area contributed by atoms with E-state index in [1.807, 2.05) is 45.9 Å². The maximum Gasteiger partial charge on any atom is 0.261 e. The number of benzene rings is 2. The van der Waals surface area contributed by atoms with Crippen LogP contribution in [-0.2, 0) is 27.8 Å². The molecule has 1 aliphatic heterocycles. The Bertz CT molecular complexity index is 885. The Morgan fingerprint density at radius 3 is 2.46 bits per heavy atom. The Morgan fingerprint density at radius 1 is 1.00 bits per heavy atom. The Labute approximate surface area is 143 Å². The minimum Gasteiger partial charge on any atom is -0.371 e. The van der Waals surface area contributed by atoms with Crippen molar-refractivity contribution in [1.82, 2.24) is 0 Å². The van der Waals surface area contributed by atoms with Gasteiger partial charge >= 0.3 is 0 Å². The standard InChI is InChI=1S/C19H23NO3S/c1-13-5-7-17(9-14(13)2)20-24(21,22)18-8-6-15-12-23-19(3,4)11-16(15)10-18/h5-10,20H,11-12H2,1-4H3. The van der Waals surface area contributed by atoms with Crippen LogP contribution in [-0.4, -0.2) is 14.0 Å². The van der Waals surface area contributed by atoms with Gasteiger partial charge in [0.25, 0.3) is 10.0 Å². The van der Waals surface area contributed by atoms with Crippen molar-refractivity contribution in [2.24, 2.45) is 0 Å². The molecule has 0 aliphatic carbocycles. The van der Waals surface area contributed by atoms with Crippen molar-refractivity contribution in [3.8, 4) is 0 Å². The minimum absolute atomic E-state index is 0.267. The molecule has 0 amide bonds. The Kier molecular flexibility index (Phi) is 4.18. The summed E-state index contributed by atoms with van der Waals surface area (Å²) in [6.45, 7) is 8.52. The van der Waals surface area contributed by atoms with Gasteiger partial charge in [-0.2, -0.15) is 0 Å².